The van der Waals surface area contributed by atoms with E-state index in [1.165, 1.54) is 5.56 Å². The summed E-state index contributed by atoms with van der Waals surface area (Å²) in [5.74, 6) is 1.49. The van der Waals surface area contributed by atoms with Gasteiger partial charge in [0.1, 0.15) is 5.75 Å². The summed E-state index contributed by atoms with van der Waals surface area (Å²) in [7, 11) is 1.66. The zero-order valence-electron chi connectivity index (χ0n) is 18.3. The largest absolute Gasteiger partial charge is 0.507 e. The number of rotatable bonds is 8. The molecule has 29 heavy (non-hydrogen) atoms. The summed E-state index contributed by atoms with van der Waals surface area (Å²) in [4.78, 5) is 16.9. The number of likely N-dealkylation sites (tertiary alicyclic amines) is 1. The first-order chi connectivity index (χ1) is 13.9. The van der Waals surface area contributed by atoms with E-state index in [2.05, 4.69) is 17.9 Å². The number of benzene rings is 1. The highest BCUT2D eigenvalue weighted by atomic mass is 16.5. The van der Waals surface area contributed by atoms with E-state index < -0.39 is 0 Å². The van der Waals surface area contributed by atoms with E-state index in [4.69, 9.17) is 9.47 Å². The number of hydrogen-bond donors (Lipinski definition) is 1. The van der Waals surface area contributed by atoms with Gasteiger partial charge in [0, 0.05) is 44.8 Å². The van der Waals surface area contributed by atoms with Crippen molar-refractivity contribution in [1.29, 1.82) is 0 Å². The monoisotopic (exact) mass is 404 g/mol. The number of aryl methyl sites for hydroxylation is 2. The fourth-order valence-corrected chi connectivity index (χ4v) is 4.89. The predicted octanol–water partition coefficient (Wildman–Crippen LogP) is 2.73. The van der Waals surface area contributed by atoms with E-state index in [1.54, 1.807) is 7.11 Å². The quantitative estimate of drug-likeness (QED) is 0.722. The van der Waals surface area contributed by atoms with Crippen molar-refractivity contribution in [3.63, 3.8) is 0 Å². The van der Waals surface area contributed by atoms with Gasteiger partial charge in [-0.25, -0.2) is 0 Å². The van der Waals surface area contributed by atoms with Crippen LogP contribution in [0, 0.1) is 25.7 Å². The third-order valence-corrected chi connectivity index (χ3v) is 6.47. The van der Waals surface area contributed by atoms with Gasteiger partial charge >= 0.3 is 0 Å². The molecular weight excluding hydrogens is 368 g/mol. The molecule has 6 heteroatoms. The summed E-state index contributed by atoms with van der Waals surface area (Å²) < 4.78 is 11.2. The smallest absolute Gasteiger partial charge is 0.225 e. The molecule has 0 bridgehead atoms. The Morgan fingerprint density at radius 2 is 2.17 bits per heavy atom. The fourth-order valence-electron chi connectivity index (χ4n) is 4.89. The lowest BCUT2D eigenvalue weighted by Gasteiger charge is -2.36. The molecule has 3 atom stereocenters. The van der Waals surface area contributed by atoms with E-state index in [9.17, 15) is 9.90 Å². The second-order valence-corrected chi connectivity index (χ2v) is 8.58. The summed E-state index contributed by atoms with van der Waals surface area (Å²) >= 11 is 0. The van der Waals surface area contributed by atoms with E-state index in [-0.39, 0.29) is 12.0 Å². The van der Waals surface area contributed by atoms with Gasteiger partial charge in [-0.15, -0.1) is 0 Å². The van der Waals surface area contributed by atoms with Gasteiger partial charge in [0.05, 0.1) is 25.7 Å². The third kappa shape index (κ3) is 5.30. The number of nitrogens with zero attached hydrogens (tertiary/aromatic N) is 2. The van der Waals surface area contributed by atoms with Crippen LogP contribution in [-0.2, 0) is 20.8 Å². The number of methoxy groups -OCH3 is 1. The van der Waals surface area contributed by atoms with Gasteiger partial charge in [-0.2, -0.15) is 0 Å². The minimum Gasteiger partial charge on any atom is -0.507 e. The number of phenols is 1. The second kappa shape index (κ2) is 9.92. The molecule has 0 radical (unpaired) electrons. The maximum absolute atomic E-state index is 12.7. The number of fused-ring (bicyclic) bond motifs is 1. The molecule has 1 N–H and O–H groups in total. The summed E-state index contributed by atoms with van der Waals surface area (Å²) in [5, 5.41) is 10.4. The number of likely N-dealkylation sites (N-methyl/N-ethyl adjacent to an activating group) is 1. The first-order valence-electron chi connectivity index (χ1n) is 10.8. The van der Waals surface area contributed by atoms with Crippen molar-refractivity contribution in [1.82, 2.24) is 9.80 Å². The number of piperidine rings is 1. The van der Waals surface area contributed by atoms with E-state index in [1.807, 2.05) is 24.8 Å². The van der Waals surface area contributed by atoms with Gasteiger partial charge in [0.15, 0.2) is 0 Å². The van der Waals surface area contributed by atoms with E-state index in [0.717, 1.165) is 43.8 Å². The maximum atomic E-state index is 12.7. The molecule has 6 nitrogen and oxygen atoms in total. The van der Waals surface area contributed by atoms with E-state index in [0.29, 0.717) is 43.7 Å². The lowest BCUT2D eigenvalue weighted by atomic mass is 9.83. The van der Waals surface area contributed by atoms with E-state index >= 15 is 0 Å². The molecule has 1 aromatic carbocycles. The van der Waals surface area contributed by atoms with Crippen molar-refractivity contribution in [3.05, 3.63) is 28.8 Å². The molecule has 0 aromatic heterocycles. The Kier molecular flexibility index (Phi) is 7.55. The van der Waals surface area contributed by atoms with Crippen LogP contribution in [0.5, 0.6) is 5.75 Å². The van der Waals surface area contributed by atoms with Gasteiger partial charge < -0.3 is 19.5 Å². The molecule has 3 rings (SSSR count). The number of ether oxygens (including phenoxy) is 2. The molecule has 0 saturated carbocycles. The van der Waals surface area contributed by atoms with Crippen molar-refractivity contribution in [2.24, 2.45) is 11.8 Å². The molecule has 2 saturated heterocycles. The maximum Gasteiger partial charge on any atom is 0.225 e. The van der Waals surface area contributed by atoms with Crippen molar-refractivity contribution in [2.75, 3.05) is 46.5 Å². The van der Waals surface area contributed by atoms with Crippen molar-refractivity contribution in [3.8, 4) is 5.75 Å². The van der Waals surface area contributed by atoms with Crippen molar-refractivity contribution >= 4 is 5.91 Å². The van der Waals surface area contributed by atoms with Crippen LogP contribution in [0.25, 0.3) is 0 Å². The highest BCUT2D eigenvalue weighted by molar-refractivity contribution is 5.76. The summed E-state index contributed by atoms with van der Waals surface area (Å²) in [6, 6.07) is 4.10. The Hall–Kier alpha value is -1.63. The lowest BCUT2D eigenvalue weighted by Crippen LogP contribution is -2.42. The number of amides is 1. The molecule has 162 valence electrons. The van der Waals surface area contributed by atoms with Crippen molar-refractivity contribution in [2.45, 2.75) is 46.3 Å². The molecule has 1 amide bonds. The molecule has 0 aliphatic carbocycles. The number of phenolic OH excluding ortho intramolecular Hbond substituents is 1. The van der Waals surface area contributed by atoms with Crippen LogP contribution in [0.3, 0.4) is 0 Å². The number of carbonyl (C=O) groups is 1. The first kappa shape index (κ1) is 22.1. The molecular formula is C23H36N2O4. The minimum atomic E-state index is 0.0286. The SMILES string of the molecule is CCN(CCOC)C(=O)C[C@@H]1OC[C@H]2CN(Cc3cc(C)cc(C)c3O)CC[C@H]21. The lowest BCUT2D eigenvalue weighted by molar-refractivity contribution is -0.134. The molecule has 2 aliphatic rings. The Balaban J connectivity index is 1.55. The number of hydrogen-bond acceptors (Lipinski definition) is 5. The highest BCUT2D eigenvalue weighted by Crippen LogP contribution is 2.37. The molecule has 1 aromatic rings. The molecule has 0 unspecified atom stereocenters. The van der Waals surface area contributed by atoms with Gasteiger partial charge in [-0.05, 0) is 45.2 Å². The molecule has 0 spiro atoms. The summed E-state index contributed by atoms with van der Waals surface area (Å²) in [5.41, 5.74) is 3.12. The fraction of sp³-hybridized carbons (Fsp3) is 0.696. The van der Waals surface area contributed by atoms with Crippen LogP contribution in [0.1, 0.15) is 36.5 Å². The Morgan fingerprint density at radius 1 is 1.38 bits per heavy atom. The highest BCUT2D eigenvalue weighted by Gasteiger charge is 2.41. The predicted molar refractivity (Wildman–Crippen MR) is 113 cm³/mol. The van der Waals surface area contributed by atoms with Crippen LogP contribution in [-0.4, -0.2) is 73.4 Å². The van der Waals surface area contributed by atoms with Gasteiger partial charge in [-0.1, -0.05) is 17.7 Å². The van der Waals surface area contributed by atoms with Crippen LogP contribution in [0.2, 0.25) is 0 Å². The van der Waals surface area contributed by atoms with Crippen LogP contribution < -0.4 is 0 Å². The minimum absolute atomic E-state index is 0.0286. The number of carbonyl (C=O) groups excluding carboxylic acids is 1. The van der Waals surface area contributed by atoms with Gasteiger partial charge in [0.25, 0.3) is 0 Å². The Labute approximate surface area is 174 Å². The third-order valence-electron chi connectivity index (χ3n) is 6.47. The average Bonchev–Trinajstić information content (AvgIpc) is 3.08. The van der Waals surface area contributed by atoms with Crippen molar-refractivity contribution < 1.29 is 19.4 Å². The first-order valence-corrected chi connectivity index (χ1v) is 10.8. The molecule has 2 heterocycles. The standard InChI is InChI=1S/C23H36N2O4/c1-5-25(8-9-28-4)22(26)12-21-20-6-7-24(14-19(20)15-29-21)13-18-11-16(2)10-17(3)23(18)27/h10-11,19-21,27H,5-9,12-15H2,1-4H3/t19-,20-,21+/m1/s1. The van der Waals surface area contributed by atoms with Crippen LogP contribution in [0.15, 0.2) is 12.1 Å². The topological polar surface area (TPSA) is 62.2 Å². The normalized spacial score (nSPS) is 24.5. The van der Waals surface area contributed by atoms with Crippen LogP contribution >= 0.6 is 0 Å². The molecule has 2 fully saturated rings. The second-order valence-electron chi connectivity index (χ2n) is 8.58. The van der Waals surface area contributed by atoms with Crippen LogP contribution in [0.4, 0.5) is 0 Å². The zero-order valence-corrected chi connectivity index (χ0v) is 18.3. The van der Waals surface area contributed by atoms with Gasteiger partial charge in [-0.3, -0.25) is 9.69 Å². The summed E-state index contributed by atoms with van der Waals surface area (Å²) in [6.07, 6.45) is 1.54. The molecule has 2 aliphatic heterocycles. The van der Waals surface area contributed by atoms with Gasteiger partial charge in [0.2, 0.25) is 5.91 Å². The Morgan fingerprint density at radius 3 is 2.90 bits per heavy atom. The summed E-state index contributed by atoms with van der Waals surface area (Å²) in [6.45, 7) is 11.4. The Bertz CT molecular complexity index is 708. The average molecular weight is 405 g/mol. The zero-order chi connectivity index (χ0) is 21.0. The number of aromatic hydroxyl groups is 1.